The molecule has 0 aliphatic heterocycles. The van der Waals surface area contributed by atoms with Crippen molar-refractivity contribution in [1.82, 2.24) is 9.55 Å². The van der Waals surface area contributed by atoms with E-state index in [2.05, 4.69) is 11.9 Å². The number of aryl methyl sites for hydroxylation is 1. The van der Waals surface area contributed by atoms with Crippen LogP contribution in [0.15, 0.2) is 82.7 Å². The van der Waals surface area contributed by atoms with Gasteiger partial charge in [0.1, 0.15) is 0 Å². The minimum Gasteiger partial charge on any atom is -0.268 e. The van der Waals surface area contributed by atoms with Crippen molar-refractivity contribution in [3.8, 4) is 5.69 Å². The molecule has 1 heterocycles. The lowest BCUT2D eigenvalue weighted by molar-refractivity contribution is -0.137. The van der Waals surface area contributed by atoms with Crippen LogP contribution in [0.4, 0.5) is 13.2 Å². The van der Waals surface area contributed by atoms with Crippen molar-refractivity contribution in [1.29, 1.82) is 0 Å². The van der Waals surface area contributed by atoms with Crippen LogP contribution in [0.25, 0.3) is 16.6 Å². The molecule has 0 saturated heterocycles. The number of aromatic nitrogens is 2. The Morgan fingerprint density at radius 3 is 2.39 bits per heavy atom. The Bertz CT molecular complexity index is 1280. The number of nitrogens with zero attached hydrogens (tertiary/aromatic N) is 2. The van der Waals surface area contributed by atoms with Gasteiger partial charge in [-0.1, -0.05) is 61.2 Å². The average molecular weight is 440 g/mol. The van der Waals surface area contributed by atoms with Gasteiger partial charge in [0.25, 0.3) is 5.56 Å². The Kier molecular flexibility index (Phi) is 5.87. The lowest BCUT2D eigenvalue weighted by Gasteiger charge is -2.14. The van der Waals surface area contributed by atoms with Gasteiger partial charge < -0.3 is 0 Å². The fraction of sp³-hybridized carbons (Fsp3) is 0.167. The van der Waals surface area contributed by atoms with Crippen molar-refractivity contribution in [2.24, 2.45) is 0 Å². The zero-order chi connectivity index (χ0) is 22.0. The number of benzene rings is 3. The van der Waals surface area contributed by atoms with E-state index in [9.17, 15) is 18.0 Å². The first-order valence-corrected chi connectivity index (χ1v) is 10.8. The molecule has 31 heavy (non-hydrogen) atoms. The van der Waals surface area contributed by atoms with E-state index >= 15 is 0 Å². The van der Waals surface area contributed by atoms with Gasteiger partial charge in [-0.3, -0.25) is 9.36 Å². The van der Waals surface area contributed by atoms with Crippen molar-refractivity contribution >= 4 is 22.7 Å². The maximum absolute atomic E-state index is 13.3. The van der Waals surface area contributed by atoms with Crippen LogP contribution >= 0.6 is 11.8 Å². The lowest BCUT2D eigenvalue weighted by atomic mass is 10.1. The van der Waals surface area contributed by atoms with Gasteiger partial charge >= 0.3 is 6.18 Å². The standard InChI is InChI=1S/C24H19F3N2OS/c1-2-16-10-12-19(13-11-16)29-22(30)20-8-3-4-9-21(20)28-23(29)31-15-17-6-5-7-18(14-17)24(25,26)27/h3-14H,2,15H2,1H3. The number of thioether (sulfide) groups is 1. The highest BCUT2D eigenvalue weighted by molar-refractivity contribution is 7.98. The maximum Gasteiger partial charge on any atom is 0.416 e. The monoisotopic (exact) mass is 440 g/mol. The summed E-state index contributed by atoms with van der Waals surface area (Å²) >= 11 is 1.24. The molecule has 158 valence electrons. The van der Waals surface area contributed by atoms with E-state index in [0.29, 0.717) is 27.3 Å². The molecule has 0 unspecified atom stereocenters. The molecular weight excluding hydrogens is 421 g/mol. The number of alkyl halides is 3. The molecule has 0 atom stereocenters. The summed E-state index contributed by atoms with van der Waals surface area (Å²) in [5.74, 6) is 0.252. The van der Waals surface area contributed by atoms with Crippen molar-refractivity contribution in [3.63, 3.8) is 0 Å². The molecule has 0 amide bonds. The summed E-state index contributed by atoms with van der Waals surface area (Å²) in [5.41, 5.74) is 1.98. The molecule has 3 aromatic carbocycles. The number of rotatable bonds is 5. The fourth-order valence-electron chi connectivity index (χ4n) is 3.30. The summed E-state index contributed by atoms with van der Waals surface area (Å²) in [5, 5.41) is 0.927. The van der Waals surface area contributed by atoms with E-state index in [1.807, 2.05) is 24.3 Å². The number of halogens is 3. The van der Waals surface area contributed by atoms with Crippen LogP contribution in [0.2, 0.25) is 0 Å². The topological polar surface area (TPSA) is 34.9 Å². The normalized spacial score (nSPS) is 11.7. The summed E-state index contributed by atoms with van der Waals surface area (Å²) in [7, 11) is 0. The van der Waals surface area contributed by atoms with Crippen LogP contribution in [0.1, 0.15) is 23.6 Å². The largest absolute Gasteiger partial charge is 0.416 e. The van der Waals surface area contributed by atoms with E-state index in [-0.39, 0.29) is 11.3 Å². The van der Waals surface area contributed by atoms with Gasteiger partial charge in [-0.25, -0.2) is 4.98 Å². The van der Waals surface area contributed by atoms with Crippen LogP contribution in [0, 0.1) is 0 Å². The highest BCUT2D eigenvalue weighted by Gasteiger charge is 2.30. The Morgan fingerprint density at radius 1 is 0.935 bits per heavy atom. The van der Waals surface area contributed by atoms with Crippen molar-refractivity contribution in [2.45, 2.75) is 30.4 Å². The number of hydrogen-bond donors (Lipinski definition) is 0. The lowest BCUT2D eigenvalue weighted by Crippen LogP contribution is -2.21. The van der Waals surface area contributed by atoms with Crippen LogP contribution < -0.4 is 5.56 Å². The molecule has 0 fully saturated rings. The first-order chi connectivity index (χ1) is 14.9. The molecule has 0 spiro atoms. The Morgan fingerprint density at radius 2 is 1.68 bits per heavy atom. The minimum atomic E-state index is -4.40. The molecule has 0 N–H and O–H groups in total. The maximum atomic E-state index is 13.3. The first kappa shape index (κ1) is 21.2. The molecule has 0 bridgehead atoms. The Labute approximate surface area is 181 Å². The van der Waals surface area contributed by atoms with E-state index < -0.39 is 11.7 Å². The number of fused-ring (bicyclic) bond motifs is 1. The molecule has 0 aliphatic carbocycles. The van der Waals surface area contributed by atoms with E-state index in [1.54, 1.807) is 30.3 Å². The predicted molar refractivity (Wildman–Crippen MR) is 118 cm³/mol. The van der Waals surface area contributed by atoms with Crippen molar-refractivity contribution in [3.05, 3.63) is 99.8 Å². The molecule has 4 rings (SSSR count). The summed E-state index contributed by atoms with van der Waals surface area (Å²) in [6, 6.07) is 19.9. The van der Waals surface area contributed by atoms with E-state index in [1.165, 1.54) is 22.4 Å². The fourth-order valence-corrected chi connectivity index (χ4v) is 4.26. The highest BCUT2D eigenvalue weighted by Crippen LogP contribution is 2.31. The summed E-state index contributed by atoms with van der Waals surface area (Å²) in [6.45, 7) is 2.05. The second-order valence-corrected chi connectivity index (χ2v) is 8.00. The average Bonchev–Trinajstić information content (AvgIpc) is 2.77. The molecule has 0 saturated carbocycles. The molecular formula is C24H19F3N2OS. The highest BCUT2D eigenvalue weighted by atomic mass is 32.2. The van der Waals surface area contributed by atoms with E-state index in [4.69, 9.17) is 0 Å². The molecule has 3 nitrogen and oxygen atoms in total. The van der Waals surface area contributed by atoms with Gasteiger partial charge in [-0.2, -0.15) is 13.2 Å². The predicted octanol–water partition coefficient (Wildman–Crippen LogP) is 6.26. The quantitative estimate of drug-likeness (QED) is 0.271. The third kappa shape index (κ3) is 4.51. The third-order valence-corrected chi connectivity index (χ3v) is 5.98. The SMILES string of the molecule is CCc1ccc(-n2c(SCc3cccc(C(F)(F)F)c3)nc3ccccc3c2=O)cc1. The van der Waals surface area contributed by atoms with Gasteiger partial charge in [-0.15, -0.1) is 0 Å². The van der Waals surface area contributed by atoms with Crippen LogP contribution in [0.5, 0.6) is 0 Å². The third-order valence-electron chi connectivity index (χ3n) is 4.97. The smallest absolute Gasteiger partial charge is 0.268 e. The molecule has 0 radical (unpaired) electrons. The van der Waals surface area contributed by atoms with Gasteiger partial charge in [0.15, 0.2) is 5.16 Å². The molecule has 4 aromatic rings. The van der Waals surface area contributed by atoms with Crippen LogP contribution in [-0.2, 0) is 18.3 Å². The summed E-state index contributed by atoms with van der Waals surface area (Å²) < 4.78 is 40.7. The summed E-state index contributed by atoms with van der Waals surface area (Å²) in [4.78, 5) is 17.9. The first-order valence-electron chi connectivity index (χ1n) is 9.77. The zero-order valence-electron chi connectivity index (χ0n) is 16.7. The number of para-hydroxylation sites is 1. The van der Waals surface area contributed by atoms with Crippen LogP contribution in [0.3, 0.4) is 0 Å². The van der Waals surface area contributed by atoms with Crippen molar-refractivity contribution < 1.29 is 13.2 Å². The second kappa shape index (κ2) is 8.59. The second-order valence-electron chi connectivity index (χ2n) is 7.06. The van der Waals surface area contributed by atoms with Crippen LogP contribution in [-0.4, -0.2) is 9.55 Å². The number of hydrogen-bond acceptors (Lipinski definition) is 3. The van der Waals surface area contributed by atoms with Gasteiger partial charge in [0.2, 0.25) is 0 Å². The zero-order valence-corrected chi connectivity index (χ0v) is 17.5. The van der Waals surface area contributed by atoms with Gasteiger partial charge in [-0.05, 0) is 47.9 Å². The Balaban J connectivity index is 1.77. The molecule has 0 aliphatic rings. The van der Waals surface area contributed by atoms with Crippen molar-refractivity contribution in [2.75, 3.05) is 0 Å². The van der Waals surface area contributed by atoms with Gasteiger partial charge in [0, 0.05) is 5.75 Å². The minimum absolute atomic E-state index is 0.207. The van der Waals surface area contributed by atoms with Gasteiger partial charge in [0.05, 0.1) is 22.2 Å². The Hall–Kier alpha value is -3.06. The van der Waals surface area contributed by atoms with E-state index in [0.717, 1.165) is 24.1 Å². The molecule has 1 aromatic heterocycles. The summed E-state index contributed by atoms with van der Waals surface area (Å²) in [6.07, 6.45) is -3.52. The molecule has 7 heteroatoms.